The molecule has 0 aliphatic carbocycles. The summed E-state index contributed by atoms with van der Waals surface area (Å²) >= 11 is 1.75. The molecule has 0 amide bonds. The van der Waals surface area contributed by atoms with Crippen molar-refractivity contribution in [1.82, 2.24) is 20.1 Å². The number of hydrogen-bond acceptors (Lipinski definition) is 4. The van der Waals surface area contributed by atoms with Crippen LogP contribution in [0.2, 0.25) is 0 Å². The number of aromatic nitrogens is 3. The van der Waals surface area contributed by atoms with Crippen LogP contribution >= 0.6 is 11.3 Å². The third-order valence-electron chi connectivity index (χ3n) is 3.78. The topological polar surface area (TPSA) is 42.7 Å². The first kappa shape index (κ1) is 14.2. The van der Waals surface area contributed by atoms with Gasteiger partial charge in [0.15, 0.2) is 0 Å². The number of nitrogens with one attached hydrogen (secondary N) is 1. The molecule has 2 aromatic heterocycles. The maximum atomic E-state index is 4.70. The Bertz CT molecular complexity index is 724. The first-order valence-corrected chi connectivity index (χ1v) is 8.02. The molecule has 0 atom stereocenters. The van der Waals surface area contributed by atoms with Crippen molar-refractivity contribution in [3.05, 3.63) is 46.2 Å². The molecule has 0 unspecified atom stereocenters. The molecule has 4 nitrogen and oxygen atoms in total. The fourth-order valence-corrected chi connectivity index (χ4v) is 3.56. The molecule has 0 saturated heterocycles. The normalized spacial score (nSPS) is 11.4. The van der Waals surface area contributed by atoms with E-state index in [0.717, 1.165) is 35.7 Å². The Labute approximate surface area is 128 Å². The molecule has 3 rings (SSSR count). The number of benzene rings is 1. The van der Waals surface area contributed by atoms with Gasteiger partial charge < -0.3 is 5.32 Å². The van der Waals surface area contributed by atoms with E-state index in [2.05, 4.69) is 47.1 Å². The zero-order valence-corrected chi connectivity index (χ0v) is 13.5. The Hall–Kier alpha value is -1.72. The van der Waals surface area contributed by atoms with E-state index in [9.17, 15) is 0 Å². The summed E-state index contributed by atoms with van der Waals surface area (Å²) in [5.41, 5.74) is 4.81. The molecule has 2 heterocycles. The van der Waals surface area contributed by atoms with Crippen LogP contribution < -0.4 is 5.32 Å². The maximum Gasteiger partial charge on any atom is 0.115 e. The highest BCUT2D eigenvalue weighted by Crippen LogP contribution is 2.23. The van der Waals surface area contributed by atoms with Crippen LogP contribution in [-0.2, 0) is 13.0 Å². The van der Waals surface area contributed by atoms with Gasteiger partial charge in [-0.25, -0.2) is 4.98 Å². The molecule has 5 heteroatoms. The standard InChI is InChI=1S/C16H20N4S/c1-11-13(8-9-17-3)12(2)20(19-11)10-16-18-14-6-4-5-7-15(14)21-16/h4-7,17H,8-10H2,1-3H3. The Morgan fingerprint density at radius 3 is 2.81 bits per heavy atom. The van der Waals surface area contributed by atoms with E-state index in [4.69, 9.17) is 4.98 Å². The van der Waals surface area contributed by atoms with Crippen LogP contribution in [0.3, 0.4) is 0 Å². The highest BCUT2D eigenvalue weighted by molar-refractivity contribution is 7.18. The average Bonchev–Trinajstić information content (AvgIpc) is 2.99. The first-order chi connectivity index (χ1) is 10.2. The number of thiazole rings is 1. The van der Waals surface area contributed by atoms with E-state index in [0.29, 0.717) is 0 Å². The highest BCUT2D eigenvalue weighted by atomic mass is 32.1. The first-order valence-electron chi connectivity index (χ1n) is 7.21. The molecule has 3 aromatic rings. The smallest absolute Gasteiger partial charge is 0.115 e. The summed E-state index contributed by atoms with van der Waals surface area (Å²) in [5.74, 6) is 0. The number of fused-ring (bicyclic) bond motifs is 1. The predicted molar refractivity (Wildman–Crippen MR) is 88.1 cm³/mol. The van der Waals surface area contributed by atoms with Gasteiger partial charge in [0.2, 0.25) is 0 Å². The number of hydrogen-bond donors (Lipinski definition) is 1. The van der Waals surface area contributed by atoms with Crippen molar-refractivity contribution in [2.45, 2.75) is 26.8 Å². The molecule has 1 aromatic carbocycles. The Balaban J connectivity index is 1.87. The summed E-state index contributed by atoms with van der Waals surface area (Å²) in [4.78, 5) is 4.70. The van der Waals surface area contributed by atoms with Gasteiger partial charge in [-0.05, 0) is 51.6 Å². The van der Waals surface area contributed by atoms with Gasteiger partial charge in [-0.15, -0.1) is 11.3 Å². The van der Waals surface area contributed by atoms with Crippen LogP contribution in [-0.4, -0.2) is 28.4 Å². The maximum absolute atomic E-state index is 4.70. The average molecular weight is 300 g/mol. The molecule has 110 valence electrons. The minimum absolute atomic E-state index is 0.756. The molecule has 0 fully saturated rings. The predicted octanol–water partition coefficient (Wildman–Crippen LogP) is 2.92. The zero-order valence-electron chi connectivity index (χ0n) is 12.7. The summed E-state index contributed by atoms with van der Waals surface area (Å²) in [6, 6.07) is 8.28. The molecule has 1 N–H and O–H groups in total. The van der Waals surface area contributed by atoms with E-state index in [1.54, 1.807) is 11.3 Å². The third kappa shape index (κ3) is 2.84. The number of rotatable bonds is 5. The fourth-order valence-electron chi connectivity index (χ4n) is 2.62. The van der Waals surface area contributed by atoms with Gasteiger partial charge in [-0.1, -0.05) is 12.1 Å². The third-order valence-corrected chi connectivity index (χ3v) is 4.80. The van der Waals surface area contributed by atoms with Gasteiger partial charge in [0.1, 0.15) is 5.01 Å². The molecule has 0 aliphatic heterocycles. The van der Waals surface area contributed by atoms with Gasteiger partial charge >= 0.3 is 0 Å². The van der Waals surface area contributed by atoms with E-state index in [1.807, 2.05) is 13.1 Å². The second kappa shape index (κ2) is 5.95. The molecule has 21 heavy (non-hydrogen) atoms. The zero-order chi connectivity index (χ0) is 14.8. The Kier molecular flexibility index (Phi) is 4.03. The van der Waals surface area contributed by atoms with Crippen LogP contribution in [0.15, 0.2) is 24.3 Å². The minimum Gasteiger partial charge on any atom is -0.319 e. The lowest BCUT2D eigenvalue weighted by Crippen LogP contribution is -2.11. The summed E-state index contributed by atoms with van der Waals surface area (Å²) in [7, 11) is 1.98. The van der Waals surface area contributed by atoms with Crippen LogP contribution in [0.25, 0.3) is 10.2 Å². The largest absolute Gasteiger partial charge is 0.319 e. The minimum atomic E-state index is 0.756. The second-order valence-corrected chi connectivity index (χ2v) is 6.35. The summed E-state index contributed by atoms with van der Waals surface area (Å²) in [6.07, 6.45) is 1.02. The van der Waals surface area contributed by atoms with Crippen molar-refractivity contribution < 1.29 is 0 Å². The summed E-state index contributed by atoms with van der Waals surface area (Å²) < 4.78 is 3.32. The van der Waals surface area contributed by atoms with Gasteiger partial charge in [-0.2, -0.15) is 5.10 Å². The lowest BCUT2D eigenvalue weighted by atomic mass is 10.1. The van der Waals surface area contributed by atoms with E-state index >= 15 is 0 Å². The monoisotopic (exact) mass is 300 g/mol. The molecular formula is C16H20N4S. The van der Waals surface area contributed by atoms with E-state index in [-0.39, 0.29) is 0 Å². The molecule has 0 spiro atoms. The number of para-hydroxylation sites is 1. The second-order valence-electron chi connectivity index (χ2n) is 5.24. The Morgan fingerprint density at radius 1 is 1.24 bits per heavy atom. The summed E-state index contributed by atoms with van der Waals surface area (Å²) in [5, 5.41) is 9.00. The summed E-state index contributed by atoms with van der Waals surface area (Å²) in [6.45, 7) is 5.98. The Morgan fingerprint density at radius 2 is 2.05 bits per heavy atom. The van der Waals surface area contributed by atoms with Crippen molar-refractivity contribution in [3.8, 4) is 0 Å². The molecule has 0 radical (unpaired) electrons. The van der Waals surface area contributed by atoms with E-state index < -0.39 is 0 Å². The number of likely N-dealkylation sites (N-methyl/N-ethyl adjacent to an activating group) is 1. The van der Waals surface area contributed by atoms with Crippen molar-refractivity contribution in [1.29, 1.82) is 0 Å². The van der Waals surface area contributed by atoms with E-state index in [1.165, 1.54) is 16.0 Å². The van der Waals surface area contributed by atoms with Crippen LogP contribution in [0.4, 0.5) is 0 Å². The fraction of sp³-hybridized carbons (Fsp3) is 0.375. The van der Waals surface area contributed by atoms with Crippen molar-refractivity contribution >= 4 is 21.6 Å². The van der Waals surface area contributed by atoms with Crippen LogP contribution in [0.5, 0.6) is 0 Å². The molecular weight excluding hydrogens is 280 g/mol. The van der Waals surface area contributed by atoms with Crippen molar-refractivity contribution in [3.63, 3.8) is 0 Å². The molecule has 0 saturated carbocycles. The lowest BCUT2D eigenvalue weighted by molar-refractivity contribution is 0.655. The van der Waals surface area contributed by atoms with Crippen molar-refractivity contribution in [2.24, 2.45) is 0 Å². The van der Waals surface area contributed by atoms with Gasteiger partial charge in [0.25, 0.3) is 0 Å². The van der Waals surface area contributed by atoms with Gasteiger partial charge in [0, 0.05) is 5.69 Å². The molecule has 0 bridgehead atoms. The lowest BCUT2D eigenvalue weighted by Gasteiger charge is -2.03. The van der Waals surface area contributed by atoms with Crippen molar-refractivity contribution in [2.75, 3.05) is 13.6 Å². The SMILES string of the molecule is CNCCc1c(C)nn(Cc2nc3ccccc3s2)c1C. The van der Waals surface area contributed by atoms with Gasteiger partial charge in [-0.3, -0.25) is 4.68 Å². The number of aryl methyl sites for hydroxylation is 1. The quantitative estimate of drug-likeness (QED) is 0.788. The molecule has 0 aliphatic rings. The van der Waals surface area contributed by atoms with Gasteiger partial charge in [0.05, 0.1) is 22.5 Å². The number of nitrogens with zero attached hydrogens (tertiary/aromatic N) is 3. The van der Waals surface area contributed by atoms with Crippen LogP contribution in [0, 0.1) is 13.8 Å². The highest BCUT2D eigenvalue weighted by Gasteiger charge is 2.12. The van der Waals surface area contributed by atoms with Crippen LogP contribution in [0.1, 0.15) is 22.0 Å².